The predicted octanol–water partition coefficient (Wildman–Crippen LogP) is 2.70. The highest BCUT2D eigenvalue weighted by molar-refractivity contribution is 5.80. The second kappa shape index (κ2) is 4.54. The van der Waals surface area contributed by atoms with Crippen molar-refractivity contribution in [2.24, 2.45) is 0 Å². The Balaban J connectivity index is 2.06. The van der Waals surface area contributed by atoms with E-state index in [4.69, 9.17) is 11.0 Å². The van der Waals surface area contributed by atoms with Crippen LogP contribution >= 0.6 is 0 Å². The lowest BCUT2D eigenvalue weighted by Gasteiger charge is -2.32. The summed E-state index contributed by atoms with van der Waals surface area (Å²) < 4.78 is 0. The molecule has 2 aromatic rings. The summed E-state index contributed by atoms with van der Waals surface area (Å²) in [5.74, 6) is 0. The van der Waals surface area contributed by atoms with Crippen LogP contribution in [0, 0.1) is 11.3 Å². The SMILES string of the molecule is N#Cc1ccc2c(c1)N(c1ccc(N)cc1)CCN2. The van der Waals surface area contributed by atoms with Crippen LogP contribution in [0.15, 0.2) is 42.5 Å². The number of hydrogen-bond acceptors (Lipinski definition) is 4. The smallest absolute Gasteiger partial charge is 0.0992 e. The third-order valence-electron chi connectivity index (χ3n) is 3.27. The molecule has 0 saturated carbocycles. The summed E-state index contributed by atoms with van der Waals surface area (Å²) in [6, 6.07) is 15.7. The van der Waals surface area contributed by atoms with Gasteiger partial charge in [-0.3, -0.25) is 0 Å². The second-order valence-corrected chi connectivity index (χ2v) is 4.51. The van der Waals surface area contributed by atoms with Crippen molar-refractivity contribution >= 4 is 22.7 Å². The van der Waals surface area contributed by atoms with Crippen molar-refractivity contribution < 1.29 is 0 Å². The van der Waals surface area contributed by atoms with Crippen LogP contribution in [0.1, 0.15) is 5.56 Å². The fraction of sp³-hybridized carbons (Fsp3) is 0.133. The summed E-state index contributed by atoms with van der Waals surface area (Å²) >= 11 is 0. The molecule has 19 heavy (non-hydrogen) atoms. The van der Waals surface area contributed by atoms with Gasteiger partial charge < -0.3 is 16.0 Å². The Bertz CT molecular complexity index is 640. The molecule has 4 nitrogen and oxygen atoms in total. The van der Waals surface area contributed by atoms with E-state index in [2.05, 4.69) is 16.3 Å². The van der Waals surface area contributed by atoms with Crippen molar-refractivity contribution in [2.75, 3.05) is 29.0 Å². The zero-order valence-electron chi connectivity index (χ0n) is 10.4. The minimum Gasteiger partial charge on any atom is -0.399 e. The first-order valence-corrected chi connectivity index (χ1v) is 6.19. The average molecular weight is 250 g/mol. The lowest BCUT2D eigenvalue weighted by Crippen LogP contribution is -2.30. The molecule has 0 radical (unpaired) electrons. The van der Waals surface area contributed by atoms with Crippen molar-refractivity contribution in [3.63, 3.8) is 0 Å². The summed E-state index contributed by atoms with van der Waals surface area (Å²) in [7, 11) is 0. The number of rotatable bonds is 1. The van der Waals surface area contributed by atoms with Crippen molar-refractivity contribution in [2.45, 2.75) is 0 Å². The minimum absolute atomic E-state index is 0.669. The second-order valence-electron chi connectivity index (χ2n) is 4.51. The normalized spacial score (nSPS) is 13.3. The number of nitrogens with two attached hydrogens (primary N) is 1. The number of anilines is 4. The molecule has 1 aliphatic heterocycles. The molecule has 3 N–H and O–H groups in total. The highest BCUT2D eigenvalue weighted by Crippen LogP contribution is 2.35. The first-order chi connectivity index (χ1) is 9.28. The average Bonchev–Trinajstić information content (AvgIpc) is 2.47. The molecule has 0 aromatic heterocycles. The van der Waals surface area contributed by atoms with Crippen LogP contribution in [0.5, 0.6) is 0 Å². The van der Waals surface area contributed by atoms with Gasteiger partial charge in [-0.05, 0) is 42.5 Å². The summed E-state index contributed by atoms with van der Waals surface area (Å²) in [6.45, 7) is 1.75. The Morgan fingerprint density at radius 2 is 1.95 bits per heavy atom. The Morgan fingerprint density at radius 3 is 2.68 bits per heavy atom. The van der Waals surface area contributed by atoms with Crippen LogP contribution in [0.2, 0.25) is 0 Å². The molecule has 0 unspecified atom stereocenters. The number of nitrogen functional groups attached to an aromatic ring is 1. The molecule has 0 amide bonds. The highest BCUT2D eigenvalue weighted by Gasteiger charge is 2.18. The number of benzene rings is 2. The van der Waals surface area contributed by atoms with Gasteiger partial charge in [-0.15, -0.1) is 0 Å². The molecular formula is C15H14N4. The van der Waals surface area contributed by atoms with Crippen LogP contribution in [-0.2, 0) is 0 Å². The molecule has 4 heteroatoms. The Hall–Kier alpha value is -2.67. The summed E-state index contributed by atoms with van der Waals surface area (Å²) in [4.78, 5) is 2.20. The highest BCUT2D eigenvalue weighted by atomic mass is 15.2. The van der Waals surface area contributed by atoms with Gasteiger partial charge in [0, 0.05) is 24.5 Å². The van der Waals surface area contributed by atoms with Crippen LogP contribution in [0.4, 0.5) is 22.7 Å². The van der Waals surface area contributed by atoms with Gasteiger partial charge in [0.2, 0.25) is 0 Å². The Kier molecular flexibility index (Phi) is 2.73. The molecule has 0 spiro atoms. The first kappa shape index (κ1) is 11.4. The molecule has 94 valence electrons. The maximum Gasteiger partial charge on any atom is 0.0992 e. The quantitative estimate of drug-likeness (QED) is 0.764. The van der Waals surface area contributed by atoms with E-state index in [0.29, 0.717) is 5.56 Å². The van der Waals surface area contributed by atoms with Gasteiger partial charge in [-0.1, -0.05) is 0 Å². The third-order valence-corrected chi connectivity index (χ3v) is 3.27. The van der Waals surface area contributed by atoms with Gasteiger partial charge in [0.05, 0.1) is 23.0 Å². The number of nitriles is 1. The van der Waals surface area contributed by atoms with E-state index in [1.54, 1.807) is 0 Å². The molecule has 3 rings (SSSR count). The Labute approximate surface area is 112 Å². The number of nitrogens with one attached hydrogen (secondary N) is 1. The first-order valence-electron chi connectivity index (χ1n) is 6.19. The summed E-state index contributed by atoms with van der Waals surface area (Å²) in [5.41, 5.74) is 10.3. The van der Waals surface area contributed by atoms with E-state index in [0.717, 1.165) is 35.8 Å². The Morgan fingerprint density at radius 1 is 1.16 bits per heavy atom. The minimum atomic E-state index is 0.669. The zero-order chi connectivity index (χ0) is 13.2. The van der Waals surface area contributed by atoms with Crippen LogP contribution in [-0.4, -0.2) is 13.1 Å². The van der Waals surface area contributed by atoms with E-state index in [9.17, 15) is 0 Å². The van der Waals surface area contributed by atoms with Crippen LogP contribution in [0.25, 0.3) is 0 Å². The predicted molar refractivity (Wildman–Crippen MR) is 77.5 cm³/mol. The fourth-order valence-electron chi connectivity index (χ4n) is 2.32. The standard InChI is InChI=1S/C15H14N4/c16-10-11-1-6-14-15(9-11)19(8-7-18-14)13-4-2-12(17)3-5-13/h1-6,9,18H,7-8,17H2. The number of nitrogens with zero attached hydrogens (tertiary/aromatic N) is 2. The molecule has 1 aliphatic rings. The van der Waals surface area contributed by atoms with Gasteiger partial charge in [-0.2, -0.15) is 5.26 Å². The number of hydrogen-bond donors (Lipinski definition) is 2. The van der Waals surface area contributed by atoms with Crippen molar-refractivity contribution in [3.8, 4) is 6.07 Å². The maximum absolute atomic E-state index is 9.03. The molecule has 2 aromatic carbocycles. The maximum atomic E-state index is 9.03. The van der Waals surface area contributed by atoms with Crippen molar-refractivity contribution in [1.29, 1.82) is 5.26 Å². The number of fused-ring (bicyclic) bond motifs is 1. The van der Waals surface area contributed by atoms with Crippen molar-refractivity contribution in [1.82, 2.24) is 0 Å². The molecule has 0 bridgehead atoms. The van der Waals surface area contributed by atoms with Gasteiger partial charge in [0.25, 0.3) is 0 Å². The molecule has 0 fully saturated rings. The van der Waals surface area contributed by atoms with E-state index in [-0.39, 0.29) is 0 Å². The molecule has 0 atom stereocenters. The summed E-state index contributed by atoms with van der Waals surface area (Å²) in [5, 5.41) is 12.4. The molecule has 1 heterocycles. The van der Waals surface area contributed by atoms with Gasteiger partial charge in [0.1, 0.15) is 0 Å². The lowest BCUT2D eigenvalue weighted by atomic mass is 10.1. The van der Waals surface area contributed by atoms with E-state index >= 15 is 0 Å². The van der Waals surface area contributed by atoms with Gasteiger partial charge in [0.15, 0.2) is 0 Å². The molecule has 0 aliphatic carbocycles. The van der Waals surface area contributed by atoms with E-state index in [1.807, 2.05) is 42.5 Å². The van der Waals surface area contributed by atoms with Crippen LogP contribution < -0.4 is 16.0 Å². The molecular weight excluding hydrogens is 236 g/mol. The van der Waals surface area contributed by atoms with Crippen molar-refractivity contribution in [3.05, 3.63) is 48.0 Å². The third kappa shape index (κ3) is 2.06. The fourth-order valence-corrected chi connectivity index (χ4v) is 2.32. The zero-order valence-corrected chi connectivity index (χ0v) is 10.4. The lowest BCUT2D eigenvalue weighted by molar-refractivity contribution is 0.926. The largest absolute Gasteiger partial charge is 0.399 e. The van der Waals surface area contributed by atoms with Gasteiger partial charge >= 0.3 is 0 Å². The van der Waals surface area contributed by atoms with E-state index < -0.39 is 0 Å². The topological polar surface area (TPSA) is 65.1 Å². The van der Waals surface area contributed by atoms with E-state index in [1.165, 1.54) is 0 Å². The summed E-state index contributed by atoms with van der Waals surface area (Å²) in [6.07, 6.45) is 0. The monoisotopic (exact) mass is 250 g/mol. The van der Waals surface area contributed by atoms with Crippen LogP contribution in [0.3, 0.4) is 0 Å². The van der Waals surface area contributed by atoms with Gasteiger partial charge in [-0.25, -0.2) is 0 Å². The molecule has 0 saturated heterocycles.